The van der Waals surface area contributed by atoms with E-state index < -0.39 is 0 Å². The maximum absolute atomic E-state index is 3.51. The van der Waals surface area contributed by atoms with Crippen LogP contribution in [0.25, 0.3) is 0 Å². The summed E-state index contributed by atoms with van der Waals surface area (Å²) in [4.78, 5) is 0. The fourth-order valence-corrected chi connectivity index (χ4v) is 2.33. The quantitative estimate of drug-likeness (QED) is 0.603. The summed E-state index contributed by atoms with van der Waals surface area (Å²) in [6.45, 7) is 14.2. The van der Waals surface area contributed by atoms with Gasteiger partial charge < -0.3 is 5.32 Å². The Kier molecular flexibility index (Phi) is 5.81. The van der Waals surface area contributed by atoms with Crippen molar-refractivity contribution in [2.45, 2.75) is 59.9 Å². The number of aryl methyl sites for hydroxylation is 2. The van der Waals surface area contributed by atoms with Gasteiger partial charge in [-0.3, -0.25) is 0 Å². The van der Waals surface area contributed by atoms with Crippen molar-refractivity contribution in [1.82, 2.24) is 5.32 Å². The fraction of sp³-hybridized carbons (Fsp3) is 0.556. The second-order valence-electron chi connectivity index (χ2n) is 6.69. The third-order valence-corrected chi connectivity index (χ3v) is 3.06. The molecular formula is C18H29N. The largest absolute Gasteiger partial charge is 0.312 e. The molecule has 0 aliphatic rings. The number of rotatable bonds is 5. The van der Waals surface area contributed by atoms with Crippen LogP contribution in [0.5, 0.6) is 0 Å². The molecule has 1 rings (SSSR count). The average Bonchev–Trinajstić information content (AvgIpc) is 2.21. The van der Waals surface area contributed by atoms with Crippen molar-refractivity contribution in [3.63, 3.8) is 0 Å². The van der Waals surface area contributed by atoms with E-state index in [0.717, 1.165) is 19.4 Å². The molecule has 1 nitrogen and oxygen atoms in total. The van der Waals surface area contributed by atoms with Gasteiger partial charge in [0.05, 0.1) is 0 Å². The number of benzene rings is 1. The average molecular weight is 259 g/mol. The van der Waals surface area contributed by atoms with Crippen LogP contribution in [0.2, 0.25) is 0 Å². The van der Waals surface area contributed by atoms with E-state index in [1.165, 1.54) is 22.3 Å². The molecule has 0 unspecified atom stereocenters. The maximum Gasteiger partial charge on any atom is 0.00966 e. The second-order valence-corrected chi connectivity index (χ2v) is 6.69. The molecule has 1 aromatic carbocycles. The van der Waals surface area contributed by atoms with E-state index >= 15 is 0 Å². The predicted octanol–water partition coefficient (Wildman–Crippen LogP) is 4.57. The van der Waals surface area contributed by atoms with Crippen molar-refractivity contribution < 1.29 is 0 Å². The summed E-state index contributed by atoms with van der Waals surface area (Å²) in [5.41, 5.74) is 5.82. The molecule has 1 heteroatoms. The molecule has 0 bridgehead atoms. The fourth-order valence-electron chi connectivity index (χ4n) is 2.33. The third kappa shape index (κ3) is 7.17. The Morgan fingerprint density at radius 3 is 2.21 bits per heavy atom. The van der Waals surface area contributed by atoms with E-state index in [-0.39, 0.29) is 5.54 Å². The highest BCUT2D eigenvalue weighted by atomic mass is 14.9. The van der Waals surface area contributed by atoms with Gasteiger partial charge in [0.2, 0.25) is 0 Å². The minimum atomic E-state index is 0.218. The van der Waals surface area contributed by atoms with Crippen molar-refractivity contribution in [1.29, 1.82) is 0 Å². The Bertz CT molecular complexity index is 415. The van der Waals surface area contributed by atoms with Crippen LogP contribution in [-0.2, 0) is 6.42 Å². The van der Waals surface area contributed by atoms with Gasteiger partial charge in [-0.05, 0) is 66.5 Å². The van der Waals surface area contributed by atoms with Gasteiger partial charge in [-0.25, -0.2) is 0 Å². The van der Waals surface area contributed by atoms with Gasteiger partial charge in [-0.1, -0.05) is 41.0 Å². The molecule has 0 radical (unpaired) electrons. The summed E-state index contributed by atoms with van der Waals surface area (Å²) in [5, 5.41) is 3.51. The van der Waals surface area contributed by atoms with E-state index in [2.05, 4.69) is 71.1 Å². The SMILES string of the molecule is CC(=CCCNC(C)(C)C)Cc1cc(C)cc(C)c1. The molecule has 0 heterocycles. The Balaban J connectivity index is 2.47. The second kappa shape index (κ2) is 6.91. The lowest BCUT2D eigenvalue weighted by Crippen LogP contribution is -2.36. The van der Waals surface area contributed by atoms with Crippen LogP contribution in [-0.4, -0.2) is 12.1 Å². The first kappa shape index (κ1) is 16.0. The molecule has 106 valence electrons. The Morgan fingerprint density at radius 1 is 1.11 bits per heavy atom. The van der Waals surface area contributed by atoms with Crippen LogP contribution in [0.15, 0.2) is 29.8 Å². The van der Waals surface area contributed by atoms with Crippen molar-refractivity contribution >= 4 is 0 Å². The van der Waals surface area contributed by atoms with Crippen molar-refractivity contribution in [2.24, 2.45) is 0 Å². The molecule has 0 saturated carbocycles. The van der Waals surface area contributed by atoms with Crippen LogP contribution in [0.3, 0.4) is 0 Å². The standard InChI is InChI=1S/C18H29N/c1-14(8-7-9-19-18(4,5)6)11-17-12-15(2)10-16(3)13-17/h8,10,12-13,19H,7,9,11H2,1-6H3. The molecule has 0 spiro atoms. The summed E-state index contributed by atoms with van der Waals surface area (Å²) < 4.78 is 0. The van der Waals surface area contributed by atoms with Crippen LogP contribution in [0, 0.1) is 13.8 Å². The molecule has 0 amide bonds. The first-order valence-electron chi connectivity index (χ1n) is 7.24. The van der Waals surface area contributed by atoms with E-state index in [1.54, 1.807) is 0 Å². The van der Waals surface area contributed by atoms with Gasteiger partial charge in [0, 0.05) is 5.54 Å². The summed E-state index contributed by atoms with van der Waals surface area (Å²) in [6, 6.07) is 6.81. The van der Waals surface area contributed by atoms with Gasteiger partial charge >= 0.3 is 0 Å². The lowest BCUT2D eigenvalue weighted by atomic mass is 10.0. The molecule has 0 fully saturated rings. The maximum atomic E-state index is 3.51. The number of hydrogen-bond donors (Lipinski definition) is 1. The number of nitrogens with one attached hydrogen (secondary N) is 1. The molecule has 0 aliphatic carbocycles. The highest BCUT2D eigenvalue weighted by molar-refractivity contribution is 5.31. The number of hydrogen-bond acceptors (Lipinski definition) is 1. The Labute approximate surface area is 119 Å². The van der Waals surface area contributed by atoms with Crippen LogP contribution in [0.4, 0.5) is 0 Å². The minimum Gasteiger partial charge on any atom is -0.312 e. The normalized spacial score (nSPS) is 12.8. The van der Waals surface area contributed by atoms with Gasteiger partial charge in [0.15, 0.2) is 0 Å². The third-order valence-electron chi connectivity index (χ3n) is 3.06. The first-order valence-corrected chi connectivity index (χ1v) is 7.24. The molecule has 19 heavy (non-hydrogen) atoms. The van der Waals surface area contributed by atoms with Crippen molar-refractivity contribution in [2.75, 3.05) is 6.54 Å². The van der Waals surface area contributed by atoms with Crippen LogP contribution in [0.1, 0.15) is 50.8 Å². The van der Waals surface area contributed by atoms with Gasteiger partial charge in [0.1, 0.15) is 0 Å². The minimum absolute atomic E-state index is 0.218. The van der Waals surface area contributed by atoms with Crippen molar-refractivity contribution in [3.8, 4) is 0 Å². The van der Waals surface area contributed by atoms with E-state index in [4.69, 9.17) is 0 Å². The Morgan fingerprint density at radius 2 is 1.68 bits per heavy atom. The molecular weight excluding hydrogens is 230 g/mol. The number of allylic oxidation sites excluding steroid dienone is 1. The summed E-state index contributed by atoms with van der Waals surface area (Å²) in [7, 11) is 0. The van der Waals surface area contributed by atoms with E-state index in [0.29, 0.717) is 0 Å². The van der Waals surface area contributed by atoms with E-state index in [9.17, 15) is 0 Å². The van der Waals surface area contributed by atoms with Crippen LogP contribution >= 0.6 is 0 Å². The lowest BCUT2D eigenvalue weighted by Gasteiger charge is -2.19. The molecule has 1 aromatic rings. The van der Waals surface area contributed by atoms with Crippen molar-refractivity contribution in [3.05, 3.63) is 46.5 Å². The summed E-state index contributed by atoms with van der Waals surface area (Å²) in [5.74, 6) is 0. The van der Waals surface area contributed by atoms with Gasteiger partial charge in [0.25, 0.3) is 0 Å². The van der Waals surface area contributed by atoms with Gasteiger partial charge in [-0.2, -0.15) is 0 Å². The zero-order chi connectivity index (χ0) is 14.5. The molecule has 0 atom stereocenters. The van der Waals surface area contributed by atoms with E-state index in [1.807, 2.05) is 0 Å². The topological polar surface area (TPSA) is 12.0 Å². The summed E-state index contributed by atoms with van der Waals surface area (Å²) in [6.07, 6.45) is 4.53. The smallest absolute Gasteiger partial charge is 0.00966 e. The molecule has 0 aromatic heterocycles. The monoisotopic (exact) mass is 259 g/mol. The lowest BCUT2D eigenvalue weighted by molar-refractivity contribution is 0.431. The van der Waals surface area contributed by atoms with Crippen LogP contribution < -0.4 is 5.32 Å². The zero-order valence-electron chi connectivity index (χ0n) is 13.4. The molecule has 0 saturated heterocycles. The van der Waals surface area contributed by atoms with Gasteiger partial charge in [-0.15, -0.1) is 0 Å². The predicted molar refractivity (Wildman–Crippen MR) is 85.7 cm³/mol. The zero-order valence-corrected chi connectivity index (χ0v) is 13.4. The highest BCUT2D eigenvalue weighted by Gasteiger charge is 2.06. The molecule has 1 N–H and O–H groups in total. The highest BCUT2D eigenvalue weighted by Crippen LogP contribution is 2.13. The first-order chi connectivity index (χ1) is 8.76. The molecule has 0 aliphatic heterocycles. The summed E-state index contributed by atoms with van der Waals surface area (Å²) >= 11 is 0. The Hall–Kier alpha value is -1.08.